The third-order valence-corrected chi connectivity index (χ3v) is 2.56. The second kappa shape index (κ2) is 5.74. The topological polar surface area (TPSA) is 64.3 Å². The summed E-state index contributed by atoms with van der Waals surface area (Å²) in [6, 6.07) is 0.218. The van der Waals surface area contributed by atoms with E-state index >= 15 is 0 Å². The Morgan fingerprint density at radius 1 is 1.73 bits per heavy atom. The minimum Gasteiger partial charge on any atom is -0.365 e. The highest BCUT2D eigenvalue weighted by Gasteiger charge is 2.25. The van der Waals surface area contributed by atoms with Gasteiger partial charge in [0.25, 0.3) is 0 Å². The van der Waals surface area contributed by atoms with Crippen LogP contribution in [0.25, 0.3) is 0 Å². The van der Waals surface area contributed by atoms with Crippen LogP contribution in [0.15, 0.2) is 0 Å². The lowest BCUT2D eigenvalue weighted by Crippen LogP contribution is -2.36. The second-order valence-electron chi connectivity index (χ2n) is 3.90. The maximum Gasteiger partial charge on any atom is 0.249 e. The molecule has 0 aromatic heterocycles. The number of amides is 1. The predicted molar refractivity (Wildman–Crippen MR) is 58.0 cm³/mol. The molecular weight excluding hydrogens is 192 g/mol. The van der Waals surface area contributed by atoms with Gasteiger partial charge in [-0.15, -0.1) is 6.42 Å². The quantitative estimate of drug-likeness (QED) is 0.643. The van der Waals surface area contributed by atoms with Crippen molar-refractivity contribution in [2.75, 3.05) is 6.54 Å². The first-order chi connectivity index (χ1) is 7.13. The van der Waals surface area contributed by atoms with E-state index in [-0.39, 0.29) is 24.6 Å². The Balaban J connectivity index is 2.26. The lowest BCUT2D eigenvalue weighted by Gasteiger charge is -2.17. The molecule has 1 rings (SSSR count). The van der Waals surface area contributed by atoms with Crippen molar-refractivity contribution in [3.05, 3.63) is 0 Å². The highest BCUT2D eigenvalue weighted by atomic mass is 16.5. The SMILES string of the molecule is C#CCNC(=O)C(C)OC1CCC(N)C1. The summed E-state index contributed by atoms with van der Waals surface area (Å²) in [6.07, 6.45) is 7.46. The van der Waals surface area contributed by atoms with Gasteiger partial charge in [-0.1, -0.05) is 5.92 Å². The van der Waals surface area contributed by atoms with Gasteiger partial charge < -0.3 is 15.8 Å². The Morgan fingerprint density at radius 3 is 3.00 bits per heavy atom. The van der Waals surface area contributed by atoms with E-state index < -0.39 is 6.10 Å². The summed E-state index contributed by atoms with van der Waals surface area (Å²) in [6.45, 7) is 1.98. The molecule has 4 heteroatoms. The van der Waals surface area contributed by atoms with Crippen molar-refractivity contribution >= 4 is 5.91 Å². The summed E-state index contributed by atoms with van der Waals surface area (Å²) in [4.78, 5) is 11.4. The second-order valence-corrected chi connectivity index (χ2v) is 3.90. The van der Waals surface area contributed by atoms with Gasteiger partial charge in [0.1, 0.15) is 6.10 Å². The summed E-state index contributed by atoms with van der Waals surface area (Å²) < 4.78 is 5.58. The molecule has 0 radical (unpaired) electrons. The molecule has 0 bridgehead atoms. The Hall–Kier alpha value is -1.05. The van der Waals surface area contributed by atoms with Gasteiger partial charge in [0, 0.05) is 6.04 Å². The van der Waals surface area contributed by atoms with Crippen LogP contribution in [-0.2, 0) is 9.53 Å². The number of carbonyl (C=O) groups excluding carboxylic acids is 1. The summed E-state index contributed by atoms with van der Waals surface area (Å²) in [5.41, 5.74) is 5.75. The molecule has 0 aromatic carbocycles. The molecule has 84 valence electrons. The largest absolute Gasteiger partial charge is 0.365 e. The van der Waals surface area contributed by atoms with E-state index in [1.54, 1.807) is 6.92 Å². The number of nitrogens with two attached hydrogens (primary N) is 1. The third-order valence-electron chi connectivity index (χ3n) is 2.56. The average molecular weight is 210 g/mol. The Labute approximate surface area is 90.5 Å². The normalized spacial score (nSPS) is 27.0. The Kier molecular flexibility index (Phi) is 4.60. The molecule has 3 atom stereocenters. The van der Waals surface area contributed by atoms with Crippen LogP contribution >= 0.6 is 0 Å². The molecule has 4 nitrogen and oxygen atoms in total. The first-order valence-electron chi connectivity index (χ1n) is 5.25. The van der Waals surface area contributed by atoms with Crippen molar-refractivity contribution in [3.8, 4) is 12.3 Å². The maximum atomic E-state index is 11.4. The zero-order chi connectivity index (χ0) is 11.3. The molecule has 1 amide bonds. The Morgan fingerprint density at radius 2 is 2.47 bits per heavy atom. The standard InChI is InChI=1S/C11H18N2O2/c1-3-6-13-11(14)8(2)15-10-5-4-9(12)7-10/h1,8-10H,4-7,12H2,2H3,(H,13,14). The molecule has 1 aliphatic carbocycles. The van der Waals surface area contributed by atoms with Crippen molar-refractivity contribution in [1.29, 1.82) is 0 Å². The van der Waals surface area contributed by atoms with Gasteiger partial charge in [0.2, 0.25) is 5.91 Å². The van der Waals surface area contributed by atoms with Crippen LogP contribution in [0.2, 0.25) is 0 Å². The number of hydrogen-bond donors (Lipinski definition) is 2. The molecule has 1 saturated carbocycles. The van der Waals surface area contributed by atoms with Crippen molar-refractivity contribution in [3.63, 3.8) is 0 Å². The van der Waals surface area contributed by atoms with Crippen molar-refractivity contribution in [1.82, 2.24) is 5.32 Å². The van der Waals surface area contributed by atoms with Gasteiger partial charge in [-0.05, 0) is 26.2 Å². The highest BCUT2D eigenvalue weighted by molar-refractivity contribution is 5.80. The van der Waals surface area contributed by atoms with Gasteiger partial charge in [-0.3, -0.25) is 4.79 Å². The van der Waals surface area contributed by atoms with Gasteiger partial charge >= 0.3 is 0 Å². The van der Waals surface area contributed by atoms with Crippen molar-refractivity contribution in [2.24, 2.45) is 5.73 Å². The van der Waals surface area contributed by atoms with Crippen molar-refractivity contribution < 1.29 is 9.53 Å². The first kappa shape index (κ1) is 12.0. The van der Waals surface area contributed by atoms with Gasteiger partial charge in [0.15, 0.2) is 0 Å². The monoisotopic (exact) mass is 210 g/mol. The minimum absolute atomic E-state index is 0.117. The summed E-state index contributed by atoms with van der Waals surface area (Å²) in [5.74, 6) is 2.19. The number of nitrogens with one attached hydrogen (secondary N) is 1. The fourth-order valence-corrected chi connectivity index (χ4v) is 1.73. The van der Waals surface area contributed by atoms with E-state index in [1.807, 2.05) is 0 Å². The molecule has 1 fully saturated rings. The molecule has 0 aromatic rings. The smallest absolute Gasteiger partial charge is 0.249 e. The van der Waals surface area contributed by atoms with E-state index in [0.717, 1.165) is 19.3 Å². The maximum absolute atomic E-state index is 11.4. The van der Waals surface area contributed by atoms with Crippen LogP contribution in [0.4, 0.5) is 0 Å². The molecular formula is C11H18N2O2. The zero-order valence-corrected chi connectivity index (χ0v) is 9.03. The van der Waals surface area contributed by atoms with Crippen molar-refractivity contribution in [2.45, 2.75) is 44.4 Å². The van der Waals surface area contributed by atoms with E-state index in [4.69, 9.17) is 16.9 Å². The molecule has 0 aliphatic heterocycles. The number of hydrogen-bond acceptors (Lipinski definition) is 3. The molecule has 0 saturated heterocycles. The summed E-state index contributed by atoms with van der Waals surface area (Å²) in [5, 5.41) is 2.59. The van der Waals surface area contributed by atoms with Crippen LogP contribution in [0.5, 0.6) is 0 Å². The Bertz CT molecular complexity index is 260. The summed E-state index contributed by atoms with van der Waals surface area (Å²) >= 11 is 0. The van der Waals surface area contributed by atoms with Gasteiger partial charge in [-0.2, -0.15) is 0 Å². The van der Waals surface area contributed by atoms with E-state index in [9.17, 15) is 4.79 Å². The third kappa shape index (κ3) is 3.90. The molecule has 0 spiro atoms. The number of carbonyl (C=O) groups is 1. The molecule has 15 heavy (non-hydrogen) atoms. The summed E-state index contributed by atoms with van der Waals surface area (Å²) in [7, 11) is 0. The lowest BCUT2D eigenvalue weighted by atomic mass is 10.2. The van der Waals surface area contributed by atoms with Crippen LogP contribution in [0, 0.1) is 12.3 Å². The van der Waals surface area contributed by atoms with Gasteiger partial charge in [0.05, 0.1) is 12.6 Å². The fraction of sp³-hybridized carbons (Fsp3) is 0.727. The number of ether oxygens (including phenoxy) is 1. The predicted octanol–water partition coefficient (Wildman–Crippen LogP) is 0.0207. The minimum atomic E-state index is -0.450. The van der Waals surface area contributed by atoms with Crippen LogP contribution in [0.1, 0.15) is 26.2 Å². The molecule has 3 N–H and O–H groups in total. The van der Waals surface area contributed by atoms with Gasteiger partial charge in [-0.25, -0.2) is 0 Å². The number of rotatable bonds is 4. The average Bonchev–Trinajstić information content (AvgIpc) is 2.60. The highest BCUT2D eigenvalue weighted by Crippen LogP contribution is 2.21. The van der Waals surface area contributed by atoms with E-state index in [0.29, 0.717) is 0 Å². The first-order valence-corrected chi connectivity index (χ1v) is 5.25. The van der Waals surface area contributed by atoms with Crippen LogP contribution in [0.3, 0.4) is 0 Å². The van der Waals surface area contributed by atoms with Crippen LogP contribution < -0.4 is 11.1 Å². The molecule has 0 heterocycles. The molecule has 1 aliphatic rings. The lowest BCUT2D eigenvalue weighted by molar-refractivity contribution is -0.134. The fourth-order valence-electron chi connectivity index (χ4n) is 1.73. The van der Waals surface area contributed by atoms with Crippen LogP contribution in [-0.4, -0.2) is 30.7 Å². The van der Waals surface area contributed by atoms with E-state index in [2.05, 4.69) is 11.2 Å². The molecule has 3 unspecified atom stereocenters. The van der Waals surface area contributed by atoms with E-state index in [1.165, 1.54) is 0 Å². The zero-order valence-electron chi connectivity index (χ0n) is 9.03. The number of terminal acetylenes is 1.